The molecule has 0 aliphatic rings. The number of ether oxygens (including phenoxy) is 1. The number of halogens is 3. The zero-order valence-corrected chi connectivity index (χ0v) is 15.1. The molecule has 0 bridgehead atoms. The van der Waals surface area contributed by atoms with Crippen molar-refractivity contribution in [2.45, 2.75) is 44.9 Å². The van der Waals surface area contributed by atoms with Crippen molar-refractivity contribution in [3.8, 4) is 6.07 Å². The highest BCUT2D eigenvalue weighted by atomic mass is 35.5. The molecular formula is C17H21Cl2FN2O. The summed E-state index contributed by atoms with van der Waals surface area (Å²) >= 11 is 12.0. The third-order valence-corrected chi connectivity index (χ3v) is 4.25. The van der Waals surface area contributed by atoms with Gasteiger partial charge in [-0.3, -0.25) is 5.41 Å². The van der Waals surface area contributed by atoms with E-state index in [9.17, 15) is 9.65 Å². The zero-order valence-electron chi connectivity index (χ0n) is 13.5. The van der Waals surface area contributed by atoms with Gasteiger partial charge in [0.15, 0.2) is 5.90 Å². The van der Waals surface area contributed by atoms with E-state index in [0.717, 1.165) is 0 Å². The Bertz CT molecular complexity index is 611. The van der Waals surface area contributed by atoms with Gasteiger partial charge in [0, 0.05) is 16.5 Å². The number of nitrogens with one attached hydrogen (secondary N) is 1. The number of benzene rings is 1. The van der Waals surface area contributed by atoms with Crippen molar-refractivity contribution in [3.05, 3.63) is 34.1 Å². The molecule has 1 aromatic carbocycles. The molecule has 1 aromatic rings. The molecule has 126 valence electrons. The lowest BCUT2D eigenvalue weighted by Gasteiger charge is -2.23. The average molecular weight is 359 g/mol. The number of nitrogens with zero attached hydrogens (tertiary/aromatic N) is 1. The maximum atomic E-state index is 14.2. The van der Waals surface area contributed by atoms with Gasteiger partial charge in [0.1, 0.15) is 5.82 Å². The summed E-state index contributed by atoms with van der Waals surface area (Å²) in [6.07, 6.45) is 1.24. The zero-order chi connectivity index (χ0) is 17.6. The van der Waals surface area contributed by atoms with Gasteiger partial charge < -0.3 is 4.74 Å². The number of nitriles is 1. The van der Waals surface area contributed by atoms with Crippen LogP contribution in [0.1, 0.15) is 50.7 Å². The molecule has 0 radical (unpaired) electrons. The Morgan fingerprint density at radius 1 is 1.48 bits per heavy atom. The van der Waals surface area contributed by atoms with Crippen molar-refractivity contribution < 1.29 is 9.13 Å². The highest BCUT2D eigenvalue weighted by Crippen LogP contribution is 2.35. The van der Waals surface area contributed by atoms with E-state index in [2.05, 4.69) is 6.07 Å². The lowest BCUT2D eigenvalue weighted by molar-refractivity contribution is 0.305. The second-order valence-electron chi connectivity index (χ2n) is 5.77. The molecule has 0 saturated heterocycles. The normalized spacial score (nSPS) is 12.6. The summed E-state index contributed by atoms with van der Waals surface area (Å²) in [5.74, 6) is -0.406. The van der Waals surface area contributed by atoms with Crippen LogP contribution in [0, 0.1) is 22.6 Å². The third kappa shape index (κ3) is 4.83. The fraction of sp³-hybridized carbons (Fsp3) is 0.529. The molecule has 0 spiro atoms. The van der Waals surface area contributed by atoms with Gasteiger partial charge >= 0.3 is 0 Å². The van der Waals surface area contributed by atoms with Crippen LogP contribution in [0.3, 0.4) is 0 Å². The van der Waals surface area contributed by atoms with E-state index in [4.69, 9.17) is 33.3 Å². The van der Waals surface area contributed by atoms with Crippen LogP contribution in [0.4, 0.5) is 4.39 Å². The van der Waals surface area contributed by atoms with E-state index in [1.807, 2.05) is 0 Å². The van der Waals surface area contributed by atoms with Gasteiger partial charge in [-0.05, 0) is 51.3 Å². The Morgan fingerprint density at radius 3 is 2.65 bits per heavy atom. The van der Waals surface area contributed by atoms with E-state index in [1.54, 1.807) is 26.8 Å². The van der Waals surface area contributed by atoms with Crippen molar-refractivity contribution in [1.29, 1.82) is 10.7 Å². The smallest absolute Gasteiger partial charge is 0.188 e. The van der Waals surface area contributed by atoms with Crippen LogP contribution in [0.2, 0.25) is 5.02 Å². The topological polar surface area (TPSA) is 56.9 Å². The Hall–Kier alpha value is -1.31. The number of hydrogen-bond donors (Lipinski definition) is 1. The molecule has 1 atom stereocenters. The molecular weight excluding hydrogens is 338 g/mol. The van der Waals surface area contributed by atoms with Gasteiger partial charge in [-0.1, -0.05) is 11.6 Å². The molecule has 0 aromatic heterocycles. The quantitative estimate of drug-likeness (QED) is 0.403. The summed E-state index contributed by atoms with van der Waals surface area (Å²) in [6, 6.07) is 4.88. The van der Waals surface area contributed by atoms with E-state index >= 15 is 0 Å². The Kier molecular flexibility index (Phi) is 7.31. The summed E-state index contributed by atoms with van der Waals surface area (Å²) in [4.78, 5) is 0. The molecule has 0 aliphatic carbocycles. The van der Waals surface area contributed by atoms with Crippen molar-refractivity contribution in [3.63, 3.8) is 0 Å². The summed E-state index contributed by atoms with van der Waals surface area (Å²) in [5.41, 5.74) is -0.136. The van der Waals surface area contributed by atoms with Gasteiger partial charge in [-0.15, -0.1) is 11.6 Å². The standard InChI is InChI=1S/C17H21Cl2FN2O/c1-4-23-16(22)11(6-5-7-18)12-8-13(17(2,3)10-21)15(20)9-14(12)19/h8-9,11,22H,4-7H2,1-3H3. The Balaban J connectivity index is 3.38. The Morgan fingerprint density at radius 2 is 2.13 bits per heavy atom. The van der Waals surface area contributed by atoms with Gasteiger partial charge in [0.05, 0.1) is 24.0 Å². The highest BCUT2D eigenvalue weighted by Gasteiger charge is 2.28. The lowest BCUT2D eigenvalue weighted by atomic mass is 9.82. The first-order valence-corrected chi connectivity index (χ1v) is 8.37. The van der Waals surface area contributed by atoms with Crippen molar-refractivity contribution in [2.75, 3.05) is 12.5 Å². The number of rotatable bonds is 7. The minimum atomic E-state index is -0.992. The summed E-state index contributed by atoms with van der Waals surface area (Å²) in [7, 11) is 0. The molecule has 0 aliphatic heterocycles. The predicted molar refractivity (Wildman–Crippen MR) is 92.1 cm³/mol. The first kappa shape index (κ1) is 19.7. The first-order chi connectivity index (χ1) is 10.8. The molecule has 6 heteroatoms. The fourth-order valence-corrected chi connectivity index (χ4v) is 2.77. The minimum Gasteiger partial charge on any atom is -0.481 e. The van der Waals surface area contributed by atoms with Crippen LogP contribution in [0.25, 0.3) is 0 Å². The van der Waals surface area contributed by atoms with Gasteiger partial charge in [-0.2, -0.15) is 5.26 Å². The van der Waals surface area contributed by atoms with Crippen LogP contribution in [-0.4, -0.2) is 18.4 Å². The molecule has 1 rings (SSSR count). The highest BCUT2D eigenvalue weighted by molar-refractivity contribution is 6.31. The van der Waals surface area contributed by atoms with Crippen molar-refractivity contribution in [1.82, 2.24) is 0 Å². The number of hydrogen-bond acceptors (Lipinski definition) is 3. The third-order valence-electron chi connectivity index (χ3n) is 3.66. The van der Waals surface area contributed by atoms with Crippen LogP contribution in [-0.2, 0) is 10.2 Å². The summed E-state index contributed by atoms with van der Waals surface area (Å²) in [5, 5.41) is 17.6. The fourth-order valence-electron chi connectivity index (χ4n) is 2.34. The summed E-state index contributed by atoms with van der Waals surface area (Å²) in [6.45, 7) is 5.45. The van der Waals surface area contributed by atoms with Crippen LogP contribution in [0.5, 0.6) is 0 Å². The van der Waals surface area contributed by atoms with Crippen molar-refractivity contribution >= 4 is 29.1 Å². The average Bonchev–Trinajstić information content (AvgIpc) is 2.49. The van der Waals surface area contributed by atoms with Crippen LogP contribution < -0.4 is 0 Å². The predicted octanol–water partition coefficient (Wildman–Crippen LogP) is 5.40. The van der Waals surface area contributed by atoms with E-state index < -0.39 is 17.2 Å². The van der Waals surface area contributed by atoms with Gasteiger partial charge in [0.2, 0.25) is 0 Å². The monoisotopic (exact) mass is 358 g/mol. The van der Waals surface area contributed by atoms with Crippen molar-refractivity contribution in [2.24, 2.45) is 0 Å². The molecule has 3 nitrogen and oxygen atoms in total. The second-order valence-corrected chi connectivity index (χ2v) is 6.56. The van der Waals surface area contributed by atoms with Gasteiger partial charge in [-0.25, -0.2) is 4.39 Å². The molecule has 0 amide bonds. The van der Waals surface area contributed by atoms with E-state index in [1.165, 1.54) is 6.07 Å². The largest absolute Gasteiger partial charge is 0.481 e. The SMILES string of the molecule is CCOC(=N)C(CCCCl)c1cc(C(C)(C)C#N)c(F)cc1Cl. The Labute approximate surface area is 146 Å². The van der Waals surface area contributed by atoms with Crippen LogP contribution >= 0.6 is 23.2 Å². The second kappa shape index (κ2) is 8.52. The molecule has 0 saturated carbocycles. The molecule has 1 N–H and O–H groups in total. The summed E-state index contributed by atoms with van der Waals surface area (Å²) < 4.78 is 19.6. The minimum absolute atomic E-state index is 0.0758. The maximum Gasteiger partial charge on any atom is 0.188 e. The van der Waals surface area contributed by atoms with Crippen LogP contribution in [0.15, 0.2) is 12.1 Å². The molecule has 0 fully saturated rings. The first-order valence-electron chi connectivity index (χ1n) is 7.46. The lowest BCUT2D eigenvalue weighted by Crippen LogP contribution is -2.20. The maximum absolute atomic E-state index is 14.2. The molecule has 1 unspecified atom stereocenters. The number of alkyl halides is 1. The van der Waals surface area contributed by atoms with E-state index in [-0.39, 0.29) is 16.5 Å². The van der Waals surface area contributed by atoms with E-state index in [0.29, 0.717) is 30.9 Å². The van der Waals surface area contributed by atoms with Gasteiger partial charge in [0.25, 0.3) is 0 Å². The molecule has 23 heavy (non-hydrogen) atoms. The molecule has 0 heterocycles.